The monoisotopic (exact) mass is 427 g/mol. The lowest BCUT2D eigenvalue weighted by Crippen LogP contribution is -2.33. The van der Waals surface area contributed by atoms with E-state index in [0.29, 0.717) is 10.6 Å². The van der Waals surface area contributed by atoms with E-state index in [1.54, 1.807) is 6.20 Å². The standard InChI is InChI=1S/C24H21N5OS/c1-28-13-12-26-23(28)21(17-10-6-3-7-11-17)29-14-19(30)20(22(29)25)24-27-18(15-31-24)16-8-4-2-5-9-16/h2-13,15,21,25,30H,14H2,1H3/t21-/m1/s1. The van der Waals surface area contributed by atoms with Crippen LogP contribution in [-0.2, 0) is 7.05 Å². The lowest BCUT2D eigenvalue weighted by molar-refractivity contribution is 0.312. The number of hydrogen-bond donors (Lipinski definition) is 2. The Morgan fingerprint density at radius 1 is 1.06 bits per heavy atom. The summed E-state index contributed by atoms with van der Waals surface area (Å²) in [6.07, 6.45) is 3.65. The number of aromatic nitrogens is 3. The van der Waals surface area contributed by atoms with E-state index in [1.165, 1.54) is 11.3 Å². The number of aliphatic hydroxyl groups excluding tert-OH is 1. The van der Waals surface area contributed by atoms with Gasteiger partial charge in [0, 0.05) is 30.4 Å². The second-order valence-electron chi connectivity index (χ2n) is 7.41. The molecule has 0 radical (unpaired) electrons. The molecule has 0 aliphatic carbocycles. The van der Waals surface area contributed by atoms with E-state index in [2.05, 4.69) is 4.98 Å². The highest BCUT2D eigenvalue weighted by atomic mass is 32.1. The Balaban J connectivity index is 1.51. The number of aliphatic hydroxyl groups is 1. The summed E-state index contributed by atoms with van der Waals surface area (Å²) in [5.41, 5.74) is 3.36. The molecular formula is C24H21N5OS. The predicted molar refractivity (Wildman–Crippen MR) is 123 cm³/mol. The van der Waals surface area contributed by atoms with E-state index >= 15 is 0 Å². The third-order valence-electron chi connectivity index (χ3n) is 5.45. The highest BCUT2D eigenvalue weighted by Gasteiger charge is 2.37. The summed E-state index contributed by atoms with van der Waals surface area (Å²) < 4.78 is 1.96. The lowest BCUT2D eigenvalue weighted by atomic mass is 10.0. The zero-order chi connectivity index (χ0) is 21.4. The van der Waals surface area contributed by atoms with Crippen molar-refractivity contribution in [3.63, 3.8) is 0 Å². The van der Waals surface area contributed by atoms with Crippen molar-refractivity contribution >= 4 is 22.7 Å². The van der Waals surface area contributed by atoms with Gasteiger partial charge in [-0.25, -0.2) is 9.97 Å². The zero-order valence-electron chi connectivity index (χ0n) is 16.9. The third kappa shape index (κ3) is 3.43. The van der Waals surface area contributed by atoms with Crippen LogP contribution in [-0.4, -0.2) is 36.9 Å². The van der Waals surface area contributed by atoms with Crippen LogP contribution >= 0.6 is 11.3 Å². The Bertz CT molecular complexity index is 1260. The normalized spacial score (nSPS) is 15.0. The van der Waals surface area contributed by atoms with E-state index < -0.39 is 0 Å². The highest BCUT2D eigenvalue weighted by molar-refractivity contribution is 7.11. The number of benzene rings is 2. The number of aryl methyl sites for hydroxylation is 1. The summed E-state index contributed by atoms with van der Waals surface area (Å²) in [6, 6.07) is 19.6. The molecule has 0 saturated carbocycles. The number of rotatable bonds is 5. The van der Waals surface area contributed by atoms with Crippen molar-refractivity contribution in [3.8, 4) is 11.3 Å². The number of thiazole rings is 1. The molecule has 7 heteroatoms. The molecule has 31 heavy (non-hydrogen) atoms. The van der Waals surface area contributed by atoms with Crippen LogP contribution < -0.4 is 0 Å². The molecule has 154 valence electrons. The van der Waals surface area contributed by atoms with Crippen molar-refractivity contribution < 1.29 is 5.11 Å². The Hall–Kier alpha value is -3.71. The van der Waals surface area contributed by atoms with Gasteiger partial charge in [0.2, 0.25) is 0 Å². The van der Waals surface area contributed by atoms with Gasteiger partial charge in [-0.3, -0.25) is 5.41 Å². The van der Waals surface area contributed by atoms with E-state index in [0.717, 1.165) is 22.6 Å². The third-order valence-corrected chi connectivity index (χ3v) is 6.31. The molecule has 0 fully saturated rings. The van der Waals surface area contributed by atoms with Crippen LogP contribution in [0.5, 0.6) is 0 Å². The Labute approximate surface area is 184 Å². The van der Waals surface area contributed by atoms with Gasteiger partial charge >= 0.3 is 0 Å². The van der Waals surface area contributed by atoms with Crippen LogP contribution in [0.25, 0.3) is 16.8 Å². The molecule has 6 nitrogen and oxygen atoms in total. The van der Waals surface area contributed by atoms with Crippen LogP contribution in [0.1, 0.15) is 22.4 Å². The minimum Gasteiger partial charge on any atom is -0.510 e. The van der Waals surface area contributed by atoms with Gasteiger partial charge in [0.15, 0.2) is 0 Å². The first-order valence-corrected chi connectivity index (χ1v) is 10.8. The first-order chi connectivity index (χ1) is 15.1. The molecule has 4 aromatic rings. The summed E-state index contributed by atoms with van der Waals surface area (Å²) >= 11 is 1.44. The molecule has 1 atom stereocenters. The summed E-state index contributed by atoms with van der Waals surface area (Å²) in [6.45, 7) is 0.237. The molecule has 3 heterocycles. The van der Waals surface area contributed by atoms with Gasteiger partial charge < -0.3 is 14.6 Å². The summed E-state index contributed by atoms with van der Waals surface area (Å²) in [7, 11) is 1.94. The van der Waals surface area contributed by atoms with Crippen molar-refractivity contribution in [3.05, 3.63) is 101 Å². The lowest BCUT2D eigenvalue weighted by Gasteiger charge is -2.29. The van der Waals surface area contributed by atoms with Gasteiger partial charge in [0.25, 0.3) is 0 Å². The first-order valence-electron chi connectivity index (χ1n) is 9.94. The Kier molecular flexibility index (Phi) is 4.88. The molecule has 0 amide bonds. The highest BCUT2D eigenvalue weighted by Crippen LogP contribution is 2.38. The van der Waals surface area contributed by atoms with Crippen molar-refractivity contribution in [2.45, 2.75) is 6.04 Å². The molecule has 2 aromatic carbocycles. The van der Waals surface area contributed by atoms with E-state index in [4.69, 9.17) is 10.4 Å². The molecule has 0 saturated heterocycles. The smallest absolute Gasteiger partial charge is 0.135 e. The molecule has 0 spiro atoms. The zero-order valence-corrected chi connectivity index (χ0v) is 17.8. The van der Waals surface area contributed by atoms with Crippen LogP contribution in [0.15, 0.2) is 84.2 Å². The molecule has 1 aliphatic rings. The maximum absolute atomic E-state index is 10.9. The van der Waals surface area contributed by atoms with Crippen LogP contribution in [0, 0.1) is 5.41 Å². The van der Waals surface area contributed by atoms with E-state index in [9.17, 15) is 5.11 Å². The van der Waals surface area contributed by atoms with Crippen LogP contribution in [0.3, 0.4) is 0 Å². The van der Waals surface area contributed by atoms with Crippen molar-refractivity contribution in [1.82, 2.24) is 19.4 Å². The van der Waals surface area contributed by atoms with Crippen LogP contribution in [0.2, 0.25) is 0 Å². The molecule has 0 bridgehead atoms. The number of nitrogens with zero attached hydrogens (tertiary/aromatic N) is 4. The fraction of sp³-hybridized carbons (Fsp3) is 0.125. The first kappa shape index (κ1) is 19.3. The second kappa shape index (κ2) is 7.85. The van der Waals surface area contributed by atoms with Gasteiger partial charge in [0.05, 0.1) is 17.8 Å². The van der Waals surface area contributed by atoms with Crippen molar-refractivity contribution in [2.24, 2.45) is 7.05 Å². The maximum Gasteiger partial charge on any atom is 0.135 e. The minimum atomic E-state index is -0.290. The summed E-state index contributed by atoms with van der Waals surface area (Å²) in [4.78, 5) is 11.2. The molecule has 2 N–H and O–H groups in total. The summed E-state index contributed by atoms with van der Waals surface area (Å²) in [5, 5.41) is 22.4. The number of imidazole rings is 1. The average Bonchev–Trinajstić information content (AvgIpc) is 3.50. The van der Waals surface area contributed by atoms with Crippen molar-refractivity contribution in [1.29, 1.82) is 5.41 Å². The van der Waals surface area contributed by atoms with Crippen LogP contribution in [0.4, 0.5) is 0 Å². The SMILES string of the molecule is Cn1ccnc1[C@@H](c1ccccc1)N1CC(O)=C(c2nc(-c3ccccc3)cs2)C1=N. The molecule has 2 aromatic heterocycles. The van der Waals surface area contributed by atoms with Gasteiger partial charge in [-0.15, -0.1) is 11.3 Å². The molecule has 1 aliphatic heterocycles. The number of hydrogen-bond acceptors (Lipinski definition) is 5. The molecule has 5 rings (SSSR count). The number of nitrogens with one attached hydrogen (secondary N) is 1. The topological polar surface area (TPSA) is 78.0 Å². The van der Waals surface area contributed by atoms with Gasteiger partial charge in [-0.05, 0) is 5.56 Å². The fourth-order valence-electron chi connectivity index (χ4n) is 3.92. The van der Waals surface area contributed by atoms with Gasteiger partial charge in [0.1, 0.15) is 28.5 Å². The number of amidine groups is 1. The van der Waals surface area contributed by atoms with E-state index in [-0.39, 0.29) is 24.2 Å². The second-order valence-corrected chi connectivity index (χ2v) is 8.27. The Morgan fingerprint density at radius 3 is 2.45 bits per heavy atom. The predicted octanol–water partition coefficient (Wildman–Crippen LogP) is 4.90. The minimum absolute atomic E-state index is 0.161. The Morgan fingerprint density at radius 2 is 1.77 bits per heavy atom. The quantitative estimate of drug-likeness (QED) is 0.475. The fourth-order valence-corrected chi connectivity index (χ4v) is 4.81. The molecular weight excluding hydrogens is 406 g/mol. The summed E-state index contributed by atoms with van der Waals surface area (Å²) in [5.74, 6) is 1.23. The average molecular weight is 428 g/mol. The maximum atomic E-state index is 10.9. The van der Waals surface area contributed by atoms with Gasteiger partial charge in [-0.2, -0.15) is 0 Å². The van der Waals surface area contributed by atoms with E-state index in [1.807, 2.05) is 88.8 Å². The van der Waals surface area contributed by atoms with Crippen molar-refractivity contribution in [2.75, 3.05) is 6.54 Å². The molecule has 0 unspecified atom stereocenters. The largest absolute Gasteiger partial charge is 0.510 e. The van der Waals surface area contributed by atoms with Gasteiger partial charge in [-0.1, -0.05) is 60.7 Å².